The van der Waals surface area contributed by atoms with Crippen LogP contribution in [0.5, 0.6) is 0 Å². The van der Waals surface area contributed by atoms with E-state index in [1.54, 1.807) is 0 Å². The molecule has 17 heavy (non-hydrogen) atoms. The van der Waals surface area contributed by atoms with Crippen molar-refractivity contribution in [2.45, 2.75) is 25.9 Å². The molecule has 0 bridgehead atoms. The maximum atomic E-state index is 10.5. The van der Waals surface area contributed by atoms with E-state index in [4.69, 9.17) is 9.84 Å². The number of ether oxygens (including phenoxy) is 1. The van der Waals surface area contributed by atoms with E-state index < -0.39 is 5.97 Å². The van der Waals surface area contributed by atoms with Crippen LogP contribution in [0, 0.1) is 6.92 Å². The summed E-state index contributed by atoms with van der Waals surface area (Å²) in [4.78, 5) is 14.7. The van der Waals surface area contributed by atoms with Gasteiger partial charge in [0.2, 0.25) is 5.90 Å². The van der Waals surface area contributed by atoms with Gasteiger partial charge in [0, 0.05) is 12.0 Å². The first kappa shape index (κ1) is 11.6. The fourth-order valence-corrected chi connectivity index (χ4v) is 1.71. The Morgan fingerprint density at radius 2 is 2.18 bits per heavy atom. The number of nitrogens with zero attached hydrogens (tertiary/aromatic N) is 1. The second-order valence-corrected chi connectivity index (χ2v) is 4.18. The van der Waals surface area contributed by atoms with Crippen LogP contribution in [0.1, 0.15) is 24.0 Å². The summed E-state index contributed by atoms with van der Waals surface area (Å²) in [6, 6.07) is 7.94. The van der Waals surface area contributed by atoms with Gasteiger partial charge in [0.15, 0.2) is 0 Å². The van der Waals surface area contributed by atoms with Crippen LogP contribution >= 0.6 is 0 Å². The third-order valence-electron chi connectivity index (χ3n) is 2.70. The molecule has 1 aromatic carbocycles. The summed E-state index contributed by atoms with van der Waals surface area (Å²) in [6.45, 7) is 2.58. The van der Waals surface area contributed by atoms with Crippen LogP contribution in [-0.2, 0) is 9.53 Å². The third-order valence-corrected chi connectivity index (χ3v) is 2.70. The Labute approximate surface area is 99.9 Å². The van der Waals surface area contributed by atoms with Crippen molar-refractivity contribution in [1.29, 1.82) is 0 Å². The summed E-state index contributed by atoms with van der Waals surface area (Å²) < 4.78 is 5.62. The van der Waals surface area contributed by atoms with Crippen molar-refractivity contribution in [3.63, 3.8) is 0 Å². The Morgan fingerprint density at radius 3 is 2.82 bits per heavy atom. The first-order valence-electron chi connectivity index (χ1n) is 5.65. The number of aryl methyl sites for hydroxylation is 1. The highest BCUT2D eigenvalue weighted by atomic mass is 16.5. The molecule has 0 saturated carbocycles. The van der Waals surface area contributed by atoms with Crippen molar-refractivity contribution in [1.82, 2.24) is 0 Å². The van der Waals surface area contributed by atoms with Gasteiger partial charge in [-0.05, 0) is 25.5 Å². The van der Waals surface area contributed by atoms with E-state index in [0.29, 0.717) is 18.9 Å². The maximum absolute atomic E-state index is 10.5. The highest BCUT2D eigenvalue weighted by Crippen LogP contribution is 2.16. The van der Waals surface area contributed by atoms with E-state index >= 15 is 0 Å². The van der Waals surface area contributed by atoms with Crippen LogP contribution in [0.2, 0.25) is 0 Å². The van der Waals surface area contributed by atoms with E-state index in [1.807, 2.05) is 31.2 Å². The van der Waals surface area contributed by atoms with Gasteiger partial charge in [0.25, 0.3) is 0 Å². The average Bonchev–Trinajstić information content (AvgIpc) is 2.76. The van der Waals surface area contributed by atoms with E-state index in [9.17, 15) is 4.79 Å². The maximum Gasteiger partial charge on any atom is 0.303 e. The molecule has 4 heteroatoms. The van der Waals surface area contributed by atoms with Gasteiger partial charge < -0.3 is 9.84 Å². The Morgan fingerprint density at radius 1 is 1.47 bits per heavy atom. The molecular weight excluding hydrogens is 218 g/mol. The quantitative estimate of drug-likeness (QED) is 0.865. The van der Waals surface area contributed by atoms with Crippen LogP contribution in [0.3, 0.4) is 0 Å². The molecule has 1 atom stereocenters. The molecule has 2 rings (SSSR count). The smallest absolute Gasteiger partial charge is 0.303 e. The minimum atomic E-state index is -0.794. The SMILES string of the molecule is Cc1ccc(C2=NCC(CCC(=O)O)O2)cc1. The van der Waals surface area contributed by atoms with Crippen LogP contribution in [0.15, 0.2) is 29.3 Å². The third kappa shape index (κ3) is 3.06. The standard InChI is InChI=1S/C13H15NO3/c1-9-2-4-10(5-3-9)13-14-8-11(17-13)6-7-12(15)16/h2-5,11H,6-8H2,1H3,(H,15,16). The topological polar surface area (TPSA) is 58.9 Å². The Balaban J connectivity index is 1.93. The lowest BCUT2D eigenvalue weighted by molar-refractivity contribution is -0.137. The molecule has 0 radical (unpaired) electrons. The molecule has 0 saturated heterocycles. The number of aliphatic imine (C=N–C) groups is 1. The summed E-state index contributed by atoms with van der Waals surface area (Å²) in [6.07, 6.45) is 0.539. The molecular formula is C13H15NO3. The number of rotatable bonds is 4. The number of carbonyl (C=O) groups is 1. The van der Waals surface area contributed by atoms with Gasteiger partial charge in [0.05, 0.1) is 6.54 Å². The van der Waals surface area contributed by atoms with E-state index in [2.05, 4.69) is 4.99 Å². The number of carboxylic acids is 1. The summed E-state index contributed by atoms with van der Waals surface area (Å²) >= 11 is 0. The van der Waals surface area contributed by atoms with Gasteiger partial charge >= 0.3 is 5.97 Å². The fraction of sp³-hybridized carbons (Fsp3) is 0.385. The fourth-order valence-electron chi connectivity index (χ4n) is 1.71. The molecule has 0 fully saturated rings. The van der Waals surface area contributed by atoms with Crippen molar-refractivity contribution < 1.29 is 14.6 Å². The molecule has 0 amide bonds. The average molecular weight is 233 g/mol. The van der Waals surface area contributed by atoms with Gasteiger partial charge in [0.1, 0.15) is 6.10 Å². The number of benzene rings is 1. The minimum absolute atomic E-state index is 0.0950. The van der Waals surface area contributed by atoms with Crippen molar-refractivity contribution in [2.24, 2.45) is 4.99 Å². The monoisotopic (exact) mass is 233 g/mol. The number of aliphatic carboxylic acids is 1. The van der Waals surface area contributed by atoms with Crippen molar-refractivity contribution in [3.05, 3.63) is 35.4 Å². The van der Waals surface area contributed by atoms with E-state index in [-0.39, 0.29) is 12.5 Å². The van der Waals surface area contributed by atoms with Crippen LogP contribution in [0.25, 0.3) is 0 Å². The van der Waals surface area contributed by atoms with Gasteiger partial charge in [-0.1, -0.05) is 17.7 Å². The number of carboxylic acid groups (broad SMARTS) is 1. The molecule has 1 unspecified atom stereocenters. The van der Waals surface area contributed by atoms with E-state index in [1.165, 1.54) is 5.56 Å². The van der Waals surface area contributed by atoms with Crippen molar-refractivity contribution >= 4 is 11.9 Å². The zero-order valence-electron chi connectivity index (χ0n) is 9.72. The molecule has 1 N–H and O–H groups in total. The highest BCUT2D eigenvalue weighted by Gasteiger charge is 2.21. The molecule has 1 aliphatic heterocycles. The first-order valence-corrected chi connectivity index (χ1v) is 5.65. The molecule has 0 aromatic heterocycles. The van der Waals surface area contributed by atoms with E-state index in [0.717, 1.165) is 5.56 Å². The summed E-state index contributed by atoms with van der Waals surface area (Å²) in [5.74, 6) is -0.169. The van der Waals surface area contributed by atoms with Crippen molar-refractivity contribution in [3.8, 4) is 0 Å². The largest absolute Gasteiger partial charge is 0.481 e. The molecule has 90 valence electrons. The van der Waals surface area contributed by atoms with Gasteiger partial charge in [-0.3, -0.25) is 4.79 Å². The van der Waals surface area contributed by atoms with Gasteiger partial charge in [-0.25, -0.2) is 4.99 Å². The molecule has 4 nitrogen and oxygen atoms in total. The molecule has 0 spiro atoms. The highest BCUT2D eigenvalue weighted by molar-refractivity contribution is 5.95. The first-order chi connectivity index (χ1) is 8.15. The number of hydrogen-bond donors (Lipinski definition) is 1. The van der Waals surface area contributed by atoms with Crippen LogP contribution in [-0.4, -0.2) is 29.6 Å². The van der Waals surface area contributed by atoms with Gasteiger partial charge in [-0.2, -0.15) is 0 Å². The minimum Gasteiger partial charge on any atom is -0.481 e. The lowest BCUT2D eigenvalue weighted by Gasteiger charge is -2.09. The normalized spacial score (nSPS) is 18.6. The lowest BCUT2D eigenvalue weighted by Crippen LogP contribution is -2.15. The molecule has 1 aromatic rings. The second kappa shape index (κ2) is 4.99. The predicted octanol–water partition coefficient (Wildman–Crippen LogP) is 2.01. The summed E-state index contributed by atoms with van der Waals surface area (Å²) in [5, 5.41) is 8.59. The zero-order chi connectivity index (χ0) is 12.3. The molecule has 0 aliphatic carbocycles. The Hall–Kier alpha value is -1.84. The molecule has 1 heterocycles. The van der Waals surface area contributed by atoms with Crippen molar-refractivity contribution in [2.75, 3.05) is 6.54 Å². The Bertz CT molecular complexity index is 436. The Kier molecular flexibility index (Phi) is 3.42. The predicted molar refractivity (Wildman–Crippen MR) is 64.3 cm³/mol. The van der Waals surface area contributed by atoms with Gasteiger partial charge in [-0.15, -0.1) is 0 Å². The summed E-state index contributed by atoms with van der Waals surface area (Å²) in [7, 11) is 0. The van der Waals surface area contributed by atoms with Crippen LogP contribution in [0.4, 0.5) is 0 Å². The lowest BCUT2D eigenvalue weighted by atomic mass is 10.1. The summed E-state index contributed by atoms with van der Waals surface area (Å²) in [5.41, 5.74) is 2.14. The number of hydrogen-bond acceptors (Lipinski definition) is 3. The second-order valence-electron chi connectivity index (χ2n) is 4.18. The van der Waals surface area contributed by atoms with Crippen LogP contribution < -0.4 is 0 Å². The molecule has 1 aliphatic rings. The zero-order valence-corrected chi connectivity index (χ0v) is 9.72.